The van der Waals surface area contributed by atoms with Crippen molar-refractivity contribution in [1.82, 2.24) is 0 Å². The van der Waals surface area contributed by atoms with Crippen LogP contribution in [0, 0.1) is 18.6 Å². The van der Waals surface area contributed by atoms with E-state index in [1.807, 2.05) is 0 Å². The Bertz CT molecular complexity index is 582. The molecule has 2 aromatic carbocycles. The van der Waals surface area contributed by atoms with Gasteiger partial charge in [0.25, 0.3) is 0 Å². The van der Waals surface area contributed by atoms with E-state index in [1.165, 1.54) is 25.3 Å². The zero-order valence-corrected chi connectivity index (χ0v) is 10.7. The van der Waals surface area contributed by atoms with E-state index < -0.39 is 5.82 Å². The number of halogens is 2. The fourth-order valence-electron chi connectivity index (χ4n) is 1.74. The van der Waals surface area contributed by atoms with Crippen LogP contribution in [0.15, 0.2) is 36.4 Å². The minimum atomic E-state index is -0.431. The second-order valence-electron chi connectivity index (χ2n) is 4.17. The number of hydrogen-bond donors (Lipinski definition) is 0. The van der Waals surface area contributed by atoms with Crippen molar-refractivity contribution in [2.75, 3.05) is 7.11 Å². The molecule has 2 aromatic rings. The predicted molar refractivity (Wildman–Crippen MR) is 68.4 cm³/mol. The molecule has 100 valence electrons. The van der Waals surface area contributed by atoms with Crippen LogP contribution in [0.1, 0.15) is 11.1 Å². The summed E-state index contributed by atoms with van der Waals surface area (Å²) < 4.78 is 36.8. The van der Waals surface area contributed by atoms with Gasteiger partial charge < -0.3 is 9.47 Å². The van der Waals surface area contributed by atoms with E-state index in [2.05, 4.69) is 0 Å². The molecule has 19 heavy (non-hydrogen) atoms. The maximum Gasteiger partial charge on any atom is 0.165 e. The summed E-state index contributed by atoms with van der Waals surface area (Å²) in [5.41, 5.74) is 1.39. The molecular formula is C15H14F2O2. The minimum absolute atomic E-state index is 0.196. The van der Waals surface area contributed by atoms with Gasteiger partial charge in [0, 0.05) is 0 Å². The first kappa shape index (κ1) is 13.3. The molecule has 2 rings (SSSR count). The van der Waals surface area contributed by atoms with Gasteiger partial charge in [0.2, 0.25) is 0 Å². The Labute approximate surface area is 110 Å². The summed E-state index contributed by atoms with van der Waals surface area (Å²) in [4.78, 5) is 0. The lowest BCUT2D eigenvalue weighted by Crippen LogP contribution is -1.98. The van der Waals surface area contributed by atoms with Gasteiger partial charge in [-0.05, 0) is 48.4 Å². The zero-order chi connectivity index (χ0) is 13.8. The van der Waals surface area contributed by atoms with Gasteiger partial charge in [0.15, 0.2) is 11.6 Å². The predicted octanol–water partition coefficient (Wildman–Crippen LogP) is 3.86. The van der Waals surface area contributed by atoms with E-state index in [9.17, 15) is 8.78 Å². The third-order valence-electron chi connectivity index (χ3n) is 2.75. The van der Waals surface area contributed by atoms with Gasteiger partial charge in [-0.25, -0.2) is 8.78 Å². The van der Waals surface area contributed by atoms with Gasteiger partial charge >= 0.3 is 0 Å². The minimum Gasteiger partial charge on any atom is -0.494 e. The molecule has 0 unspecified atom stereocenters. The first-order valence-electron chi connectivity index (χ1n) is 5.81. The second-order valence-corrected chi connectivity index (χ2v) is 4.17. The highest BCUT2D eigenvalue weighted by Gasteiger charge is 2.05. The first-order chi connectivity index (χ1) is 9.10. The summed E-state index contributed by atoms with van der Waals surface area (Å²) >= 11 is 0. The van der Waals surface area contributed by atoms with E-state index in [-0.39, 0.29) is 18.2 Å². The molecule has 0 fully saturated rings. The summed E-state index contributed by atoms with van der Waals surface area (Å²) in [5, 5.41) is 0. The van der Waals surface area contributed by atoms with Crippen LogP contribution in [-0.4, -0.2) is 7.11 Å². The summed E-state index contributed by atoms with van der Waals surface area (Å²) in [6, 6.07) is 8.91. The SMILES string of the molecule is COc1ccc(COc2ccc(F)cc2C)cc1F. The molecule has 0 heterocycles. The second kappa shape index (κ2) is 5.69. The highest BCUT2D eigenvalue weighted by atomic mass is 19.1. The Morgan fingerprint density at radius 1 is 1.00 bits per heavy atom. The van der Waals surface area contributed by atoms with Crippen molar-refractivity contribution in [3.8, 4) is 11.5 Å². The monoisotopic (exact) mass is 264 g/mol. The number of methoxy groups -OCH3 is 1. The Morgan fingerprint density at radius 3 is 2.37 bits per heavy atom. The van der Waals surface area contributed by atoms with Gasteiger partial charge in [-0.3, -0.25) is 0 Å². The third kappa shape index (κ3) is 3.22. The number of ether oxygens (including phenoxy) is 2. The van der Waals surface area contributed by atoms with Crippen molar-refractivity contribution in [2.45, 2.75) is 13.5 Å². The molecule has 0 aliphatic heterocycles. The Balaban J connectivity index is 2.08. The van der Waals surface area contributed by atoms with Crippen molar-refractivity contribution in [1.29, 1.82) is 0 Å². The van der Waals surface area contributed by atoms with Crippen LogP contribution in [0.5, 0.6) is 11.5 Å². The Kier molecular flexibility index (Phi) is 4.00. The quantitative estimate of drug-likeness (QED) is 0.834. The number of hydrogen-bond acceptors (Lipinski definition) is 2. The molecule has 0 saturated carbocycles. The normalized spacial score (nSPS) is 10.3. The molecule has 0 saturated heterocycles. The maximum atomic E-state index is 13.5. The number of aryl methyl sites for hydroxylation is 1. The highest BCUT2D eigenvalue weighted by molar-refractivity contribution is 5.33. The Morgan fingerprint density at radius 2 is 1.74 bits per heavy atom. The molecule has 0 aromatic heterocycles. The lowest BCUT2D eigenvalue weighted by atomic mass is 10.2. The van der Waals surface area contributed by atoms with Crippen molar-refractivity contribution in [3.63, 3.8) is 0 Å². The molecule has 0 spiro atoms. The van der Waals surface area contributed by atoms with Crippen LogP contribution in [0.4, 0.5) is 8.78 Å². The van der Waals surface area contributed by atoms with Crippen LogP contribution < -0.4 is 9.47 Å². The zero-order valence-electron chi connectivity index (χ0n) is 10.7. The average molecular weight is 264 g/mol. The highest BCUT2D eigenvalue weighted by Crippen LogP contribution is 2.22. The topological polar surface area (TPSA) is 18.5 Å². The largest absolute Gasteiger partial charge is 0.494 e. The van der Waals surface area contributed by atoms with Gasteiger partial charge in [0.1, 0.15) is 18.2 Å². The van der Waals surface area contributed by atoms with E-state index in [1.54, 1.807) is 25.1 Å². The van der Waals surface area contributed by atoms with E-state index >= 15 is 0 Å². The van der Waals surface area contributed by atoms with E-state index in [4.69, 9.17) is 9.47 Å². The van der Waals surface area contributed by atoms with Crippen molar-refractivity contribution < 1.29 is 18.3 Å². The fraction of sp³-hybridized carbons (Fsp3) is 0.200. The maximum absolute atomic E-state index is 13.5. The van der Waals surface area contributed by atoms with Gasteiger partial charge in [0.05, 0.1) is 7.11 Å². The van der Waals surface area contributed by atoms with E-state index in [0.717, 1.165) is 0 Å². The van der Waals surface area contributed by atoms with Crippen molar-refractivity contribution in [3.05, 3.63) is 59.2 Å². The van der Waals surface area contributed by atoms with Crippen LogP contribution in [0.2, 0.25) is 0 Å². The summed E-state index contributed by atoms with van der Waals surface area (Å²) in [6.45, 7) is 1.97. The summed E-state index contributed by atoms with van der Waals surface area (Å²) in [7, 11) is 1.41. The molecule has 0 aliphatic carbocycles. The smallest absolute Gasteiger partial charge is 0.165 e. The van der Waals surface area contributed by atoms with Crippen molar-refractivity contribution >= 4 is 0 Å². The molecule has 0 aliphatic rings. The summed E-state index contributed by atoms with van der Waals surface area (Å²) in [5.74, 6) is 0.0408. The van der Waals surface area contributed by atoms with Gasteiger partial charge in [-0.2, -0.15) is 0 Å². The molecule has 2 nitrogen and oxygen atoms in total. The molecule has 0 N–H and O–H groups in total. The van der Waals surface area contributed by atoms with Crippen LogP contribution in [0.3, 0.4) is 0 Å². The lowest BCUT2D eigenvalue weighted by molar-refractivity contribution is 0.302. The molecule has 0 amide bonds. The molecule has 0 radical (unpaired) electrons. The molecule has 0 bridgehead atoms. The Hall–Kier alpha value is -2.10. The van der Waals surface area contributed by atoms with Crippen LogP contribution in [-0.2, 0) is 6.61 Å². The molecule has 4 heteroatoms. The van der Waals surface area contributed by atoms with Crippen molar-refractivity contribution in [2.24, 2.45) is 0 Å². The molecular weight excluding hydrogens is 250 g/mol. The number of rotatable bonds is 4. The van der Waals surface area contributed by atoms with Crippen LogP contribution >= 0.6 is 0 Å². The van der Waals surface area contributed by atoms with Gasteiger partial charge in [-0.15, -0.1) is 0 Å². The third-order valence-corrected chi connectivity index (χ3v) is 2.75. The summed E-state index contributed by atoms with van der Waals surface area (Å²) in [6.07, 6.45) is 0. The standard InChI is InChI=1S/C15H14F2O2/c1-10-7-12(16)4-6-14(10)19-9-11-3-5-15(18-2)13(17)8-11/h3-8H,9H2,1-2H3. The molecule has 0 atom stereocenters. The fourth-order valence-corrected chi connectivity index (χ4v) is 1.74. The van der Waals surface area contributed by atoms with Crippen LogP contribution in [0.25, 0.3) is 0 Å². The lowest BCUT2D eigenvalue weighted by Gasteiger charge is -2.10. The first-order valence-corrected chi connectivity index (χ1v) is 5.81. The average Bonchev–Trinajstić information content (AvgIpc) is 2.38. The number of benzene rings is 2. The van der Waals surface area contributed by atoms with Gasteiger partial charge in [-0.1, -0.05) is 6.07 Å². The van der Waals surface area contributed by atoms with E-state index in [0.29, 0.717) is 16.9 Å².